The van der Waals surface area contributed by atoms with Crippen molar-refractivity contribution in [3.8, 4) is 0 Å². The molecule has 0 aliphatic heterocycles. The van der Waals surface area contributed by atoms with E-state index in [1.807, 2.05) is 0 Å². The maximum Gasteiger partial charge on any atom is 0.344 e. The zero-order valence-corrected chi connectivity index (χ0v) is 8.83. The molecule has 0 atom stereocenters. The molecule has 0 aliphatic rings. The second-order valence-electron chi connectivity index (χ2n) is 3.53. The average molecular weight is 201 g/mol. The minimum absolute atomic E-state index is 0.0438. The van der Waals surface area contributed by atoms with Crippen molar-refractivity contribution in [1.82, 2.24) is 0 Å². The number of carboxylic acids is 1. The molecule has 0 rings (SSSR count). The number of oxime groups is 1. The molecule has 14 heavy (non-hydrogen) atoms. The van der Waals surface area contributed by atoms with E-state index in [2.05, 4.69) is 9.99 Å². The van der Waals surface area contributed by atoms with E-state index in [9.17, 15) is 9.59 Å². The Kier molecular flexibility index (Phi) is 4.27. The Labute approximate surface area is 82.7 Å². The van der Waals surface area contributed by atoms with Crippen molar-refractivity contribution in [2.24, 2.45) is 10.6 Å². The van der Waals surface area contributed by atoms with Crippen molar-refractivity contribution in [1.29, 1.82) is 0 Å². The first-order valence-electron chi connectivity index (χ1n) is 4.18. The number of carboxylic acid groups (broad SMARTS) is 1. The molecule has 0 aromatic carbocycles. The number of rotatable bonds is 5. The van der Waals surface area contributed by atoms with Crippen molar-refractivity contribution in [3.05, 3.63) is 0 Å². The zero-order valence-electron chi connectivity index (χ0n) is 8.83. The van der Waals surface area contributed by atoms with Crippen molar-refractivity contribution < 1.29 is 19.5 Å². The van der Waals surface area contributed by atoms with Crippen LogP contribution in [0.5, 0.6) is 0 Å². The summed E-state index contributed by atoms with van der Waals surface area (Å²) in [7, 11) is 0. The van der Waals surface area contributed by atoms with Crippen molar-refractivity contribution in [2.45, 2.75) is 27.7 Å². The molecule has 0 aliphatic carbocycles. The van der Waals surface area contributed by atoms with E-state index in [1.165, 1.54) is 6.92 Å². The van der Waals surface area contributed by atoms with Gasteiger partial charge in [-0.25, -0.2) is 4.79 Å². The van der Waals surface area contributed by atoms with Crippen LogP contribution in [0.2, 0.25) is 0 Å². The van der Waals surface area contributed by atoms with Gasteiger partial charge in [0.2, 0.25) is 6.61 Å². The molecule has 0 bridgehead atoms. The van der Waals surface area contributed by atoms with Crippen LogP contribution in [0, 0.1) is 5.41 Å². The normalized spacial score (nSPS) is 12.4. The molecule has 1 N–H and O–H groups in total. The van der Waals surface area contributed by atoms with Crippen LogP contribution in [0.1, 0.15) is 27.7 Å². The molecule has 0 fully saturated rings. The van der Waals surface area contributed by atoms with Gasteiger partial charge in [0.15, 0.2) is 0 Å². The smallest absolute Gasteiger partial charge is 0.344 e. The summed E-state index contributed by atoms with van der Waals surface area (Å²) in [5, 5.41) is 11.8. The second-order valence-corrected chi connectivity index (χ2v) is 3.53. The SMILES string of the molecule is CC(=O)C(C)(C)/C(C)=N/OCC(=O)O. The number of nitrogens with zero attached hydrogens (tertiary/aromatic N) is 1. The number of Topliss-reactive ketones (excluding diaryl/α,β-unsaturated/α-hetero) is 1. The van der Waals surface area contributed by atoms with E-state index >= 15 is 0 Å². The van der Waals surface area contributed by atoms with E-state index in [-0.39, 0.29) is 5.78 Å². The van der Waals surface area contributed by atoms with E-state index in [4.69, 9.17) is 5.11 Å². The van der Waals surface area contributed by atoms with Crippen LogP contribution >= 0.6 is 0 Å². The summed E-state index contributed by atoms with van der Waals surface area (Å²) in [5.41, 5.74) is -0.246. The zero-order chi connectivity index (χ0) is 11.4. The average Bonchev–Trinajstić information content (AvgIpc) is 2.02. The maximum atomic E-state index is 11.2. The fourth-order valence-electron chi connectivity index (χ4n) is 0.553. The van der Waals surface area contributed by atoms with Gasteiger partial charge in [-0.3, -0.25) is 4.79 Å². The molecule has 0 saturated heterocycles. The van der Waals surface area contributed by atoms with Crippen LogP contribution in [0.15, 0.2) is 5.16 Å². The first-order chi connectivity index (χ1) is 6.28. The third-order valence-corrected chi connectivity index (χ3v) is 2.17. The molecule has 0 unspecified atom stereocenters. The largest absolute Gasteiger partial charge is 0.479 e. The van der Waals surface area contributed by atoms with Gasteiger partial charge in [0.25, 0.3) is 0 Å². The topological polar surface area (TPSA) is 76.0 Å². The standard InChI is InChI=1S/C9H15NO4/c1-6(9(3,4)7(2)11)10-14-5-8(12)13/h5H2,1-4H3,(H,12,13)/b10-6+. The Morgan fingerprint density at radius 3 is 2.21 bits per heavy atom. The van der Waals surface area contributed by atoms with Crippen molar-refractivity contribution >= 4 is 17.5 Å². The molecule has 80 valence electrons. The summed E-state index contributed by atoms with van der Waals surface area (Å²) in [5.74, 6) is -1.14. The first kappa shape index (κ1) is 12.6. The van der Waals surface area contributed by atoms with E-state index in [1.54, 1.807) is 20.8 Å². The predicted octanol–water partition coefficient (Wildman–Crippen LogP) is 1.08. The van der Waals surface area contributed by atoms with Gasteiger partial charge in [-0.2, -0.15) is 0 Å². The molecular weight excluding hydrogens is 186 g/mol. The Morgan fingerprint density at radius 1 is 1.36 bits per heavy atom. The van der Waals surface area contributed by atoms with Crippen LogP contribution in [0.4, 0.5) is 0 Å². The lowest BCUT2D eigenvalue weighted by atomic mass is 9.84. The summed E-state index contributed by atoms with van der Waals surface area (Å²) in [6.45, 7) is 6.00. The fraction of sp³-hybridized carbons (Fsp3) is 0.667. The van der Waals surface area contributed by atoms with Crippen LogP contribution in [-0.2, 0) is 14.4 Å². The summed E-state index contributed by atoms with van der Waals surface area (Å²) < 4.78 is 0. The Balaban J connectivity index is 4.37. The molecular formula is C9H15NO4. The Bertz CT molecular complexity index is 268. The van der Waals surface area contributed by atoms with Crippen LogP contribution in [0.3, 0.4) is 0 Å². The number of hydrogen-bond acceptors (Lipinski definition) is 4. The number of hydrogen-bond donors (Lipinski definition) is 1. The van der Waals surface area contributed by atoms with Gasteiger partial charge in [-0.05, 0) is 27.7 Å². The molecule has 0 aromatic heterocycles. The van der Waals surface area contributed by atoms with Crippen LogP contribution in [-0.4, -0.2) is 29.2 Å². The monoisotopic (exact) mass is 201 g/mol. The molecule has 0 spiro atoms. The van der Waals surface area contributed by atoms with Crippen molar-refractivity contribution in [3.63, 3.8) is 0 Å². The molecule has 0 saturated carbocycles. The van der Waals surface area contributed by atoms with Gasteiger partial charge in [0.1, 0.15) is 5.78 Å². The molecule has 5 heteroatoms. The van der Waals surface area contributed by atoms with Gasteiger partial charge in [-0.1, -0.05) is 5.16 Å². The number of aliphatic carboxylic acids is 1. The molecule has 0 amide bonds. The van der Waals surface area contributed by atoms with Gasteiger partial charge < -0.3 is 9.94 Å². The lowest BCUT2D eigenvalue weighted by Crippen LogP contribution is -2.30. The molecule has 5 nitrogen and oxygen atoms in total. The number of carbonyl (C=O) groups is 2. The van der Waals surface area contributed by atoms with E-state index in [0.717, 1.165) is 0 Å². The third-order valence-electron chi connectivity index (χ3n) is 2.17. The summed E-state index contributed by atoms with van der Waals surface area (Å²) in [6.07, 6.45) is 0. The van der Waals surface area contributed by atoms with Gasteiger partial charge in [-0.15, -0.1) is 0 Å². The van der Waals surface area contributed by atoms with Crippen LogP contribution < -0.4 is 0 Å². The highest BCUT2D eigenvalue weighted by molar-refractivity contribution is 6.06. The lowest BCUT2D eigenvalue weighted by molar-refractivity contribution is -0.142. The molecule has 0 aromatic rings. The quantitative estimate of drug-likeness (QED) is 0.533. The van der Waals surface area contributed by atoms with E-state index < -0.39 is 18.0 Å². The van der Waals surface area contributed by atoms with Gasteiger partial charge in [0, 0.05) is 0 Å². The summed E-state index contributed by atoms with van der Waals surface area (Å²) >= 11 is 0. The molecule has 0 radical (unpaired) electrons. The van der Waals surface area contributed by atoms with Crippen LogP contribution in [0.25, 0.3) is 0 Å². The minimum atomic E-state index is -1.10. The Hall–Kier alpha value is -1.39. The second kappa shape index (κ2) is 4.74. The van der Waals surface area contributed by atoms with Gasteiger partial charge >= 0.3 is 5.97 Å². The maximum absolute atomic E-state index is 11.2. The Morgan fingerprint density at radius 2 is 1.86 bits per heavy atom. The highest BCUT2D eigenvalue weighted by atomic mass is 16.6. The highest BCUT2D eigenvalue weighted by Gasteiger charge is 2.27. The summed E-state index contributed by atoms with van der Waals surface area (Å²) in [6, 6.07) is 0. The summed E-state index contributed by atoms with van der Waals surface area (Å²) in [4.78, 5) is 25.8. The van der Waals surface area contributed by atoms with Gasteiger partial charge in [0.05, 0.1) is 11.1 Å². The third kappa shape index (κ3) is 3.55. The van der Waals surface area contributed by atoms with E-state index in [0.29, 0.717) is 5.71 Å². The minimum Gasteiger partial charge on any atom is -0.479 e. The lowest BCUT2D eigenvalue weighted by Gasteiger charge is -2.19. The fourth-order valence-corrected chi connectivity index (χ4v) is 0.553. The first-order valence-corrected chi connectivity index (χ1v) is 4.18. The van der Waals surface area contributed by atoms with Crippen molar-refractivity contribution in [2.75, 3.05) is 6.61 Å². The predicted molar refractivity (Wildman–Crippen MR) is 51.2 cm³/mol. The number of carbonyl (C=O) groups excluding carboxylic acids is 1. The number of ketones is 1. The highest BCUT2D eigenvalue weighted by Crippen LogP contribution is 2.18. The molecule has 0 heterocycles.